The van der Waals surface area contributed by atoms with Gasteiger partial charge in [0, 0.05) is 19.3 Å². The largest absolute Gasteiger partial charge is 0.333 e. The van der Waals surface area contributed by atoms with Crippen molar-refractivity contribution in [2.24, 2.45) is 0 Å². The summed E-state index contributed by atoms with van der Waals surface area (Å²) in [5, 5.41) is 0.475. The van der Waals surface area contributed by atoms with Crippen LogP contribution in [0, 0.1) is 0 Å². The van der Waals surface area contributed by atoms with Crippen LogP contribution in [0.1, 0.15) is 32.6 Å². The van der Waals surface area contributed by atoms with Crippen molar-refractivity contribution in [3.63, 3.8) is 0 Å². The lowest BCUT2D eigenvalue weighted by molar-refractivity contribution is -0.197. The van der Waals surface area contributed by atoms with E-state index in [2.05, 4.69) is 4.84 Å². The molecule has 1 aliphatic heterocycles. The summed E-state index contributed by atoms with van der Waals surface area (Å²) in [5.41, 5.74) is 0. The van der Waals surface area contributed by atoms with Crippen LogP contribution in [0.25, 0.3) is 0 Å². The Bertz CT molecular complexity index is 306. The van der Waals surface area contributed by atoms with Crippen LogP contribution in [0.15, 0.2) is 0 Å². The fraction of sp³-hybridized carbons (Fsp3) is 0.556. The van der Waals surface area contributed by atoms with Crippen molar-refractivity contribution in [3.8, 4) is 0 Å². The van der Waals surface area contributed by atoms with Crippen LogP contribution in [-0.2, 0) is 24.0 Å². The molecule has 2 amide bonds. The van der Waals surface area contributed by atoms with Crippen molar-refractivity contribution in [3.05, 3.63) is 0 Å². The van der Waals surface area contributed by atoms with Gasteiger partial charge in [-0.3, -0.25) is 9.59 Å². The molecule has 6 nitrogen and oxygen atoms in total. The lowest BCUT2D eigenvalue weighted by Crippen LogP contribution is -2.32. The standard InChI is InChI=1S/C9H11NO5/c1-6(11)2-5-9(14)15-10-7(12)3-4-8(10)13/h2-5H2,1H3. The van der Waals surface area contributed by atoms with E-state index in [4.69, 9.17) is 0 Å². The first kappa shape index (κ1) is 11.4. The third-order valence-corrected chi connectivity index (χ3v) is 1.88. The number of Topliss-reactive ketones (excluding diaryl/α,β-unsaturated/α-hetero) is 1. The summed E-state index contributed by atoms with van der Waals surface area (Å²) in [6, 6.07) is 0. The van der Waals surface area contributed by atoms with Gasteiger partial charge in [-0.05, 0) is 6.92 Å². The zero-order valence-corrected chi connectivity index (χ0v) is 8.32. The quantitative estimate of drug-likeness (QED) is 0.612. The molecule has 1 aliphatic rings. The average molecular weight is 213 g/mol. The number of amides is 2. The Kier molecular flexibility index (Phi) is 3.54. The zero-order chi connectivity index (χ0) is 11.4. The van der Waals surface area contributed by atoms with Gasteiger partial charge in [0.1, 0.15) is 5.78 Å². The van der Waals surface area contributed by atoms with Gasteiger partial charge in [-0.2, -0.15) is 0 Å². The second-order valence-corrected chi connectivity index (χ2v) is 3.25. The lowest BCUT2D eigenvalue weighted by Gasteiger charge is -2.11. The van der Waals surface area contributed by atoms with Crippen LogP contribution in [0.2, 0.25) is 0 Å². The molecule has 0 aliphatic carbocycles. The maximum absolute atomic E-state index is 11.1. The van der Waals surface area contributed by atoms with Crippen molar-refractivity contribution in [2.45, 2.75) is 32.6 Å². The number of hydrogen-bond acceptors (Lipinski definition) is 5. The van der Waals surface area contributed by atoms with Crippen LogP contribution in [-0.4, -0.2) is 28.6 Å². The van der Waals surface area contributed by atoms with Gasteiger partial charge in [-0.25, -0.2) is 4.79 Å². The Morgan fingerprint density at radius 3 is 2.20 bits per heavy atom. The van der Waals surface area contributed by atoms with Gasteiger partial charge in [0.15, 0.2) is 0 Å². The van der Waals surface area contributed by atoms with E-state index in [1.807, 2.05) is 0 Å². The molecule has 0 spiro atoms. The molecule has 1 rings (SSSR count). The van der Waals surface area contributed by atoms with Crippen molar-refractivity contribution in [1.29, 1.82) is 0 Å². The van der Waals surface area contributed by atoms with E-state index in [9.17, 15) is 19.2 Å². The molecule has 1 fully saturated rings. The minimum Gasteiger partial charge on any atom is -0.330 e. The van der Waals surface area contributed by atoms with E-state index >= 15 is 0 Å². The summed E-state index contributed by atoms with van der Waals surface area (Å²) in [4.78, 5) is 48.2. The monoisotopic (exact) mass is 213 g/mol. The third kappa shape index (κ3) is 3.16. The molecule has 15 heavy (non-hydrogen) atoms. The number of carbonyl (C=O) groups is 4. The minimum absolute atomic E-state index is 0.0506. The summed E-state index contributed by atoms with van der Waals surface area (Å²) in [5.74, 6) is -1.92. The van der Waals surface area contributed by atoms with Crippen molar-refractivity contribution >= 4 is 23.6 Å². The Balaban J connectivity index is 2.40. The van der Waals surface area contributed by atoms with Crippen LogP contribution in [0.3, 0.4) is 0 Å². The van der Waals surface area contributed by atoms with Gasteiger partial charge in [0.2, 0.25) is 0 Å². The maximum atomic E-state index is 11.1. The molecule has 6 heteroatoms. The first-order valence-corrected chi connectivity index (χ1v) is 4.56. The predicted octanol–water partition coefficient (Wildman–Crippen LogP) is -0.0372. The van der Waals surface area contributed by atoms with Gasteiger partial charge < -0.3 is 9.63 Å². The Labute approximate surface area is 86.1 Å². The predicted molar refractivity (Wildman–Crippen MR) is 47.1 cm³/mol. The second-order valence-electron chi connectivity index (χ2n) is 3.25. The van der Waals surface area contributed by atoms with E-state index < -0.39 is 17.8 Å². The smallest absolute Gasteiger partial charge is 0.330 e. The summed E-state index contributed by atoms with van der Waals surface area (Å²) >= 11 is 0. The van der Waals surface area contributed by atoms with Crippen molar-refractivity contribution < 1.29 is 24.0 Å². The number of nitrogens with zero attached hydrogens (tertiary/aromatic N) is 1. The molecule has 0 N–H and O–H groups in total. The molecular weight excluding hydrogens is 202 g/mol. The van der Waals surface area contributed by atoms with Crippen LogP contribution >= 0.6 is 0 Å². The molecule has 0 saturated carbocycles. The lowest BCUT2D eigenvalue weighted by atomic mass is 10.2. The molecule has 1 heterocycles. The highest BCUT2D eigenvalue weighted by molar-refractivity contribution is 6.01. The van der Waals surface area contributed by atoms with Crippen LogP contribution in [0.4, 0.5) is 0 Å². The van der Waals surface area contributed by atoms with Crippen molar-refractivity contribution in [2.75, 3.05) is 0 Å². The van der Waals surface area contributed by atoms with Crippen LogP contribution < -0.4 is 0 Å². The third-order valence-electron chi connectivity index (χ3n) is 1.88. The topological polar surface area (TPSA) is 80.8 Å². The molecule has 0 aromatic heterocycles. The molecule has 1 saturated heterocycles. The number of imide groups is 1. The molecular formula is C9H11NO5. The Morgan fingerprint density at radius 1 is 1.20 bits per heavy atom. The van der Waals surface area contributed by atoms with E-state index in [1.165, 1.54) is 6.92 Å². The zero-order valence-electron chi connectivity index (χ0n) is 8.32. The molecule has 0 atom stereocenters. The molecule has 0 aromatic carbocycles. The van der Waals surface area contributed by atoms with Crippen molar-refractivity contribution in [1.82, 2.24) is 5.06 Å². The van der Waals surface area contributed by atoms with Gasteiger partial charge in [-0.1, -0.05) is 0 Å². The summed E-state index contributed by atoms with van der Waals surface area (Å²) < 4.78 is 0. The SMILES string of the molecule is CC(=O)CCC(=O)ON1C(=O)CCC1=O. The highest BCUT2D eigenvalue weighted by Crippen LogP contribution is 2.12. The molecule has 0 bridgehead atoms. The first-order valence-electron chi connectivity index (χ1n) is 4.56. The average Bonchev–Trinajstić information content (AvgIpc) is 2.46. The molecule has 82 valence electrons. The summed E-state index contributed by atoms with van der Waals surface area (Å²) in [6.07, 6.45) is 0.0685. The van der Waals surface area contributed by atoms with E-state index in [-0.39, 0.29) is 31.5 Å². The minimum atomic E-state index is -0.742. The van der Waals surface area contributed by atoms with Gasteiger partial charge in [0.25, 0.3) is 11.8 Å². The normalized spacial score (nSPS) is 15.7. The van der Waals surface area contributed by atoms with E-state index in [0.717, 1.165) is 0 Å². The molecule has 0 radical (unpaired) electrons. The highest BCUT2D eigenvalue weighted by atomic mass is 16.7. The fourth-order valence-electron chi connectivity index (χ4n) is 1.08. The Morgan fingerprint density at radius 2 is 1.73 bits per heavy atom. The fourth-order valence-corrected chi connectivity index (χ4v) is 1.08. The van der Waals surface area contributed by atoms with Crippen LogP contribution in [0.5, 0.6) is 0 Å². The second kappa shape index (κ2) is 4.68. The highest BCUT2D eigenvalue weighted by Gasteiger charge is 2.32. The summed E-state index contributed by atoms with van der Waals surface area (Å²) in [7, 11) is 0. The number of rotatable bonds is 4. The number of ketones is 1. The number of hydrogen-bond donors (Lipinski definition) is 0. The molecule has 0 aromatic rings. The molecule has 0 unspecified atom stereocenters. The summed E-state index contributed by atoms with van der Waals surface area (Å²) in [6.45, 7) is 1.35. The maximum Gasteiger partial charge on any atom is 0.333 e. The van der Waals surface area contributed by atoms with Gasteiger partial charge >= 0.3 is 5.97 Å². The van der Waals surface area contributed by atoms with E-state index in [1.54, 1.807) is 0 Å². The van der Waals surface area contributed by atoms with Gasteiger partial charge in [0.05, 0.1) is 6.42 Å². The van der Waals surface area contributed by atoms with Gasteiger partial charge in [-0.15, -0.1) is 5.06 Å². The Hall–Kier alpha value is -1.72. The van der Waals surface area contributed by atoms with E-state index in [0.29, 0.717) is 5.06 Å². The number of carbonyl (C=O) groups excluding carboxylic acids is 4. The first-order chi connectivity index (χ1) is 7.00. The number of hydroxylamine groups is 2.